The summed E-state index contributed by atoms with van der Waals surface area (Å²) in [6, 6.07) is 15.6. The van der Waals surface area contributed by atoms with Crippen LogP contribution >= 0.6 is 0 Å². The summed E-state index contributed by atoms with van der Waals surface area (Å²) in [6.45, 7) is 7.19. The van der Waals surface area contributed by atoms with Gasteiger partial charge in [-0.2, -0.15) is 0 Å². The monoisotopic (exact) mass is 280 g/mol. The minimum Gasteiger partial charge on any atom is -0.366 e. The zero-order chi connectivity index (χ0) is 14.8. The maximum absolute atomic E-state index is 5.78. The third-order valence-corrected chi connectivity index (χ3v) is 4.62. The Morgan fingerprint density at radius 2 is 1.90 bits per heavy atom. The molecular formula is C19H24N2. The number of para-hydroxylation sites is 1. The molecular weight excluding hydrogens is 256 g/mol. The van der Waals surface area contributed by atoms with Crippen LogP contribution < -0.4 is 10.6 Å². The van der Waals surface area contributed by atoms with Crippen molar-refractivity contribution in [2.75, 3.05) is 18.0 Å². The first kappa shape index (κ1) is 14.2. The Morgan fingerprint density at radius 3 is 2.67 bits per heavy atom. The van der Waals surface area contributed by atoms with Crippen LogP contribution in [0.4, 0.5) is 5.69 Å². The second-order valence-electron chi connectivity index (χ2n) is 6.13. The van der Waals surface area contributed by atoms with Crippen LogP contribution in [0.5, 0.6) is 0 Å². The molecule has 0 amide bonds. The Balaban J connectivity index is 1.84. The van der Waals surface area contributed by atoms with Gasteiger partial charge in [0.1, 0.15) is 0 Å². The summed E-state index contributed by atoms with van der Waals surface area (Å²) in [5.74, 6) is 0.581. The minimum absolute atomic E-state index is 0.581. The van der Waals surface area contributed by atoms with Gasteiger partial charge in [-0.3, -0.25) is 0 Å². The molecule has 0 saturated heterocycles. The van der Waals surface area contributed by atoms with Crippen LogP contribution in [0.15, 0.2) is 42.5 Å². The van der Waals surface area contributed by atoms with Crippen molar-refractivity contribution >= 4 is 5.69 Å². The van der Waals surface area contributed by atoms with Crippen LogP contribution in [0.25, 0.3) is 0 Å². The quantitative estimate of drug-likeness (QED) is 0.924. The Labute approximate surface area is 127 Å². The van der Waals surface area contributed by atoms with Gasteiger partial charge in [0, 0.05) is 24.7 Å². The van der Waals surface area contributed by atoms with Crippen LogP contribution in [-0.4, -0.2) is 13.1 Å². The standard InChI is InChI=1S/C19H24N2/c1-14-7-8-16(11-15(14)2)12-21-13-17(9-10-20)18-5-3-4-6-19(18)21/h3-8,11,17H,9-10,12-13,20H2,1-2H3. The van der Waals surface area contributed by atoms with Gasteiger partial charge >= 0.3 is 0 Å². The lowest BCUT2D eigenvalue weighted by Crippen LogP contribution is -2.22. The fourth-order valence-electron chi connectivity index (χ4n) is 3.30. The number of anilines is 1. The van der Waals surface area contributed by atoms with E-state index in [0.29, 0.717) is 5.92 Å². The summed E-state index contributed by atoms with van der Waals surface area (Å²) in [5.41, 5.74) is 12.8. The molecule has 0 bridgehead atoms. The van der Waals surface area contributed by atoms with Crippen LogP contribution in [0.2, 0.25) is 0 Å². The van der Waals surface area contributed by atoms with Crippen LogP contribution in [0, 0.1) is 13.8 Å². The van der Waals surface area contributed by atoms with E-state index in [1.165, 1.54) is 27.9 Å². The van der Waals surface area contributed by atoms with Gasteiger partial charge in [-0.1, -0.05) is 36.4 Å². The van der Waals surface area contributed by atoms with Gasteiger partial charge in [0.25, 0.3) is 0 Å². The molecule has 0 spiro atoms. The Hall–Kier alpha value is -1.80. The van der Waals surface area contributed by atoms with Gasteiger partial charge in [0.2, 0.25) is 0 Å². The lowest BCUT2D eigenvalue weighted by atomic mass is 9.98. The molecule has 1 aliphatic rings. The van der Waals surface area contributed by atoms with E-state index >= 15 is 0 Å². The second-order valence-corrected chi connectivity index (χ2v) is 6.13. The molecule has 110 valence electrons. The zero-order valence-corrected chi connectivity index (χ0v) is 13.0. The molecule has 2 aromatic carbocycles. The number of fused-ring (bicyclic) bond motifs is 1. The molecule has 2 aromatic rings. The third-order valence-electron chi connectivity index (χ3n) is 4.62. The molecule has 1 atom stereocenters. The van der Waals surface area contributed by atoms with E-state index in [9.17, 15) is 0 Å². The minimum atomic E-state index is 0.581. The van der Waals surface area contributed by atoms with E-state index in [4.69, 9.17) is 5.73 Å². The third kappa shape index (κ3) is 2.81. The van der Waals surface area contributed by atoms with Crippen molar-refractivity contribution in [1.29, 1.82) is 0 Å². The summed E-state index contributed by atoms with van der Waals surface area (Å²) in [4.78, 5) is 2.50. The molecule has 0 radical (unpaired) electrons. The Bertz CT molecular complexity index is 633. The molecule has 1 heterocycles. The predicted octanol–water partition coefficient (Wildman–Crippen LogP) is 3.76. The zero-order valence-electron chi connectivity index (χ0n) is 13.0. The summed E-state index contributed by atoms with van der Waals surface area (Å²) in [5, 5.41) is 0. The summed E-state index contributed by atoms with van der Waals surface area (Å²) >= 11 is 0. The highest BCUT2D eigenvalue weighted by atomic mass is 15.2. The topological polar surface area (TPSA) is 29.3 Å². The molecule has 2 nitrogen and oxygen atoms in total. The first-order chi connectivity index (χ1) is 10.2. The van der Waals surface area contributed by atoms with Gasteiger partial charge in [-0.15, -0.1) is 0 Å². The van der Waals surface area contributed by atoms with Crippen LogP contribution in [0.1, 0.15) is 34.6 Å². The largest absolute Gasteiger partial charge is 0.366 e. The lowest BCUT2D eigenvalue weighted by molar-refractivity contribution is 0.644. The Kier molecular flexibility index (Phi) is 3.98. The molecule has 3 rings (SSSR count). The first-order valence-electron chi connectivity index (χ1n) is 7.79. The number of aryl methyl sites for hydroxylation is 2. The van der Waals surface area contributed by atoms with E-state index in [-0.39, 0.29) is 0 Å². The second kappa shape index (κ2) is 5.90. The lowest BCUT2D eigenvalue weighted by Gasteiger charge is -2.20. The van der Waals surface area contributed by atoms with Crippen molar-refractivity contribution in [3.05, 3.63) is 64.7 Å². The van der Waals surface area contributed by atoms with Crippen molar-refractivity contribution in [1.82, 2.24) is 0 Å². The normalized spacial score (nSPS) is 17.1. The SMILES string of the molecule is Cc1ccc(CN2CC(CCN)c3ccccc32)cc1C. The van der Waals surface area contributed by atoms with Gasteiger partial charge < -0.3 is 10.6 Å². The molecule has 0 fully saturated rings. The smallest absolute Gasteiger partial charge is 0.0429 e. The Morgan fingerprint density at radius 1 is 1.10 bits per heavy atom. The predicted molar refractivity (Wildman–Crippen MR) is 89.8 cm³/mol. The maximum Gasteiger partial charge on any atom is 0.0429 e. The van der Waals surface area contributed by atoms with Gasteiger partial charge in [0.15, 0.2) is 0 Å². The fraction of sp³-hybridized carbons (Fsp3) is 0.368. The summed E-state index contributed by atoms with van der Waals surface area (Å²) in [7, 11) is 0. The van der Waals surface area contributed by atoms with Gasteiger partial charge in [-0.05, 0) is 55.1 Å². The van der Waals surface area contributed by atoms with E-state index in [0.717, 1.165) is 26.1 Å². The highest BCUT2D eigenvalue weighted by Crippen LogP contribution is 2.38. The van der Waals surface area contributed by atoms with Crippen molar-refractivity contribution in [2.24, 2.45) is 5.73 Å². The van der Waals surface area contributed by atoms with Crippen LogP contribution in [0.3, 0.4) is 0 Å². The number of hydrogen-bond acceptors (Lipinski definition) is 2. The van der Waals surface area contributed by atoms with Crippen LogP contribution in [-0.2, 0) is 6.54 Å². The van der Waals surface area contributed by atoms with Gasteiger partial charge in [-0.25, -0.2) is 0 Å². The van der Waals surface area contributed by atoms with E-state index in [1.807, 2.05) is 0 Å². The van der Waals surface area contributed by atoms with E-state index in [1.54, 1.807) is 0 Å². The summed E-state index contributed by atoms with van der Waals surface area (Å²) < 4.78 is 0. The van der Waals surface area contributed by atoms with Gasteiger partial charge in [0.05, 0.1) is 0 Å². The molecule has 0 saturated carbocycles. The number of benzene rings is 2. The van der Waals surface area contributed by atoms with Crippen molar-refractivity contribution in [3.8, 4) is 0 Å². The van der Waals surface area contributed by atoms with E-state index < -0.39 is 0 Å². The first-order valence-corrected chi connectivity index (χ1v) is 7.79. The molecule has 1 unspecified atom stereocenters. The highest BCUT2D eigenvalue weighted by molar-refractivity contribution is 5.60. The molecule has 2 N–H and O–H groups in total. The highest BCUT2D eigenvalue weighted by Gasteiger charge is 2.27. The molecule has 0 aromatic heterocycles. The number of rotatable bonds is 4. The van der Waals surface area contributed by atoms with Crippen molar-refractivity contribution < 1.29 is 0 Å². The summed E-state index contributed by atoms with van der Waals surface area (Å²) in [6.07, 6.45) is 1.07. The number of hydrogen-bond donors (Lipinski definition) is 1. The molecule has 0 aliphatic carbocycles. The van der Waals surface area contributed by atoms with Crippen molar-refractivity contribution in [2.45, 2.75) is 32.7 Å². The molecule has 1 aliphatic heterocycles. The molecule has 21 heavy (non-hydrogen) atoms. The van der Waals surface area contributed by atoms with Crippen molar-refractivity contribution in [3.63, 3.8) is 0 Å². The maximum atomic E-state index is 5.78. The number of nitrogens with two attached hydrogens (primary N) is 1. The number of nitrogens with zero attached hydrogens (tertiary/aromatic N) is 1. The average Bonchev–Trinajstić information content (AvgIpc) is 2.82. The molecule has 2 heteroatoms. The fourth-order valence-corrected chi connectivity index (χ4v) is 3.30. The van der Waals surface area contributed by atoms with E-state index in [2.05, 4.69) is 61.2 Å². The average molecular weight is 280 g/mol.